The highest BCUT2D eigenvalue weighted by Crippen LogP contribution is 2.28. The number of benzene rings is 3. The highest BCUT2D eigenvalue weighted by molar-refractivity contribution is 6.09. The van der Waals surface area contributed by atoms with Gasteiger partial charge in [0.25, 0.3) is 5.91 Å². The van der Waals surface area contributed by atoms with Gasteiger partial charge in [0.15, 0.2) is 0 Å². The zero-order valence-electron chi connectivity index (χ0n) is 20.8. The molecule has 0 bridgehead atoms. The molecule has 6 nitrogen and oxygen atoms in total. The van der Waals surface area contributed by atoms with E-state index in [0.717, 1.165) is 22.3 Å². The Morgan fingerprint density at radius 2 is 1.57 bits per heavy atom. The number of carbonyl (C=O) groups is 3. The molecule has 35 heavy (non-hydrogen) atoms. The fraction of sp³-hybridized carbons (Fsp3) is 0.276. The van der Waals surface area contributed by atoms with Gasteiger partial charge in [-0.2, -0.15) is 0 Å². The first kappa shape index (κ1) is 25.7. The molecule has 0 fully saturated rings. The molecule has 0 aliphatic carbocycles. The van der Waals surface area contributed by atoms with Gasteiger partial charge in [-0.1, -0.05) is 48.5 Å². The van der Waals surface area contributed by atoms with E-state index >= 15 is 0 Å². The Morgan fingerprint density at radius 3 is 2.23 bits per heavy atom. The van der Waals surface area contributed by atoms with Crippen molar-refractivity contribution in [2.75, 3.05) is 11.9 Å². The maximum Gasteiger partial charge on any atom is 0.340 e. The number of amides is 1. The second-order valence-electron chi connectivity index (χ2n) is 9.32. The Labute approximate surface area is 206 Å². The summed E-state index contributed by atoms with van der Waals surface area (Å²) < 4.78 is 10.6. The van der Waals surface area contributed by atoms with Crippen molar-refractivity contribution >= 4 is 23.5 Å². The van der Waals surface area contributed by atoms with Crippen LogP contribution in [-0.4, -0.2) is 30.1 Å². The van der Waals surface area contributed by atoms with Gasteiger partial charge >= 0.3 is 11.9 Å². The molecule has 3 aromatic rings. The topological polar surface area (TPSA) is 81.7 Å². The zero-order chi connectivity index (χ0) is 25.6. The summed E-state index contributed by atoms with van der Waals surface area (Å²) in [4.78, 5) is 37.3. The van der Waals surface area contributed by atoms with Gasteiger partial charge in [0.05, 0.1) is 17.9 Å². The monoisotopic (exact) mass is 473 g/mol. The van der Waals surface area contributed by atoms with Gasteiger partial charge in [0.1, 0.15) is 5.60 Å². The van der Waals surface area contributed by atoms with Gasteiger partial charge in [-0.15, -0.1) is 0 Å². The average Bonchev–Trinajstić information content (AvgIpc) is 2.79. The molecule has 1 amide bonds. The highest BCUT2D eigenvalue weighted by atomic mass is 16.6. The predicted octanol–water partition coefficient (Wildman–Crippen LogP) is 5.98. The van der Waals surface area contributed by atoms with E-state index in [1.165, 1.54) is 6.92 Å². The molecule has 3 rings (SSSR count). The lowest BCUT2D eigenvalue weighted by molar-refractivity contribution is -0.140. The highest BCUT2D eigenvalue weighted by Gasteiger charge is 2.22. The maximum atomic E-state index is 13.3. The molecule has 0 saturated carbocycles. The molecular weight excluding hydrogens is 442 g/mol. The van der Waals surface area contributed by atoms with Gasteiger partial charge < -0.3 is 14.8 Å². The number of aryl methyl sites for hydroxylation is 1. The van der Waals surface area contributed by atoms with Crippen LogP contribution in [-0.2, 0) is 20.7 Å². The van der Waals surface area contributed by atoms with E-state index in [0.29, 0.717) is 17.7 Å². The smallest absolute Gasteiger partial charge is 0.340 e. The molecule has 0 radical (unpaired) electrons. The molecule has 0 unspecified atom stereocenters. The van der Waals surface area contributed by atoms with E-state index in [1.807, 2.05) is 55.5 Å². The Morgan fingerprint density at radius 1 is 0.857 bits per heavy atom. The van der Waals surface area contributed by atoms with Crippen molar-refractivity contribution in [3.8, 4) is 11.1 Å². The summed E-state index contributed by atoms with van der Waals surface area (Å²) in [6, 6.07) is 20.5. The summed E-state index contributed by atoms with van der Waals surface area (Å²) in [7, 11) is 0. The molecule has 0 aromatic heterocycles. The SMILES string of the molecule is CC(=O)OCCc1ccc(C)c(C(=O)Nc2cc(-c3ccccc3)ccc2C(=O)OC(C)(C)C)c1. The lowest BCUT2D eigenvalue weighted by Gasteiger charge is -2.21. The van der Waals surface area contributed by atoms with Crippen molar-refractivity contribution in [3.63, 3.8) is 0 Å². The molecule has 0 atom stereocenters. The Kier molecular flexibility index (Phi) is 8.07. The number of anilines is 1. The standard InChI is InChI=1S/C29H31NO5/c1-19-11-12-21(15-16-34-20(2)31)17-25(19)27(32)30-26-18-23(22-9-7-6-8-10-22)13-14-24(26)28(33)35-29(3,4)5/h6-14,17-18H,15-16H2,1-5H3,(H,30,32). The largest absolute Gasteiger partial charge is 0.466 e. The minimum Gasteiger partial charge on any atom is -0.466 e. The van der Waals surface area contributed by atoms with E-state index in [4.69, 9.17) is 9.47 Å². The molecule has 182 valence electrons. The normalized spacial score (nSPS) is 11.0. The fourth-order valence-corrected chi connectivity index (χ4v) is 3.54. The van der Waals surface area contributed by atoms with Crippen molar-refractivity contribution in [2.24, 2.45) is 0 Å². The van der Waals surface area contributed by atoms with E-state index < -0.39 is 11.6 Å². The number of rotatable bonds is 7. The molecule has 6 heteroatoms. The van der Waals surface area contributed by atoms with Gasteiger partial charge in [-0.05, 0) is 68.1 Å². The first-order valence-electron chi connectivity index (χ1n) is 11.5. The Bertz CT molecular complexity index is 1230. The van der Waals surface area contributed by atoms with Crippen LogP contribution in [0.3, 0.4) is 0 Å². The van der Waals surface area contributed by atoms with Crippen molar-refractivity contribution in [2.45, 2.75) is 46.6 Å². The summed E-state index contributed by atoms with van der Waals surface area (Å²) in [5.41, 5.74) is 3.92. The average molecular weight is 474 g/mol. The van der Waals surface area contributed by atoms with Crippen molar-refractivity contribution < 1.29 is 23.9 Å². The Balaban J connectivity index is 1.94. The van der Waals surface area contributed by atoms with E-state index in [1.54, 1.807) is 39.0 Å². The maximum absolute atomic E-state index is 13.3. The fourth-order valence-electron chi connectivity index (χ4n) is 3.54. The summed E-state index contributed by atoms with van der Waals surface area (Å²) in [5.74, 6) is -1.20. The second-order valence-corrected chi connectivity index (χ2v) is 9.32. The van der Waals surface area contributed by atoms with Crippen LogP contribution in [0, 0.1) is 6.92 Å². The first-order valence-corrected chi connectivity index (χ1v) is 11.5. The summed E-state index contributed by atoms with van der Waals surface area (Å²) in [6.45, 7) is 8.84. The van der Waals surface area contributed by atoms with Crippen molar-refractivity contribution in [1.82, 2.24) is 0 Å². The summed E-state index contributed by atoms with van der Waals surface area (Å²) in [5, 5.41) is 2.92. The van der Waals surface area contributed by atoms with Crippen LogP contribution in [0.4, 0.5) is 5.69 Å². The molecule has 0 aliphatic rings. The number of esters is 2. The summed E-state index contributed by atoms with van der Waals surface area (Å²) in [6.07, 6.45) is 0.493. The van der Waals surface area contributed by atoms with Crippen LogP contribution in [0.2, 0.25) is 0 Å². The number of carbonyl (C=O) groups excluding carboxylic acids is 3. The second kappa shape index (κ2) is 11.0. The number of nitrogens with one attached hydrogen (secondary N) is 1. The molecule has 3 aromatic carbocycles. The van der Waals surface area contributed by atoms with Crippen molar-refractivity contribution in [3.05, 3.63) is 89.0 Å². The lowest BCUT2D eigenvalue weighted by Crippen LogP contribution is -2.25. The van der Waals surface area contributed by atoms with Crippen LogP contribution in [0.25, 0.3) is 11.1 Å². The van der Waals surface area contributed by atoms with Crippen LogP contribution in [0.5, 0.6) is 0 Å². The van der Waals surface area contributed by atoms with Crippen LogP contribution in [0.15, 0.2) is 66.7 Å². The first-order chi connectivity index (χ1) is 16.5. The molecular formula is C29H31NO5. The minimum absolute atomic E-state index is 0.237. The Hall–Kier alpha value is -3.93. The number of hydrogen-bond acceptors (Lipinski definition) is 5. The van der Waals surface area contributed by atoms with Gasteiger partial charge in [-0.25, -0.2) is 4.79 Å². The number of ether oxygens (including phenoxy) is 2. The molecule has 0 heterocycles. The van der Waals surface area contributed by atoms with Gasteiger partial charge in [0, 0.05) is 18.9 Å². The van der Waals surface area contributed by atoms with E-state index in [9.17, 15) is 14.4 Å². The number of hydrogen-bond donors (Lipinski definition) is 1. The molecule has 1 N–H and O–H groups in total. The summed E-state index contributed by atoms with van der Waals surface area (Å²) >= 11 is 0. The molecule has 0 saturated heterocycles. The van der Waals surface area contributed by atoms with E-state index in [-0.39, 0.29) is 24.0 Å². The third kappa shape index (κ3) is 7.27. The third-order valence-corrected chi connectivity index (χ3v) is 5.24. The third-order valence-electron chi connectivity index (χ3n) is 5.24. The van der Waals surface area contributed by atoms with Crippen molar-refractivity contribution in [1.29, 1.82) is 0 Å². The van der Waals surface area contributed by atoms with Gasteiger partial charge in [-0.3, -0.25) is 9.59 Å². The molecule has 0 spiro atoms. The zero-order valence-corrected chi connectivity index (χ0v) is 20.8. The van der Waals surface area contributed by atoms with Crippen LogP contribution < -0.4 is 5.32 Å². The van der Waals surface area contributed by atoms with Gasteiger partial charge in [0.2, 0.25) is 0 Å². The van der Waals surface area contributed by atoms with E-state index in [2.05, 4.69) is 5.32 Å². The minimum atomic E-state index is -0.677. The predicted molar refractivity (Wildman–Crippen MR) is 137 cm³/mol. The van der Waals surface area contributed by atoms with Crippen LogP contribution >= 0.6 is 0 Å². The van der Waals surface area contributed by atoms with Crippen LogP contribution in [0.1, 0.15) is 59.5 Å². The quantitative estimate of drug-likeness (QED) is 0.427. The molecule has 0 aliphatic heterocycles. The lowest BCUT2D eigenvalue weighted by atomic mass is 10.0.